The zero-order chi connectivity index (χ0) is 11.5. The zero-order valence-corrected chi connectivity index (χ0v) is 10.4. The van der Waals surface area contributed by atoms with Crippen LogP contribution in [-0.2, 0) is 4.18 Å². The van der Waals surface area contributed by atoms with Crippen LogP contribution in [0.5, 0.6) is 0 Å². The number of nitrogens with zero attached hydrogens (tertiary/aromatic N) is 1. The van der Waals surface area contributed by atoms with Gasteiger partial charge >= 0.3 is 6.09 Å². The lowest BCUT2D eigenvalue weighted by molar-refractivity contribution is 0.178. The van der Waals surface area contributed by atoms with Gasteiger partial charge in [-0.3, -0.25) is 4.18 Å². The highest BCUT2D eigenvalue weighted by atomic mass is 32.2. The highest BCUT2D eigenvalue weighted by molar-refractivity contribution is 7.92. The van der Waals surface area contributed by atoms with Gasteiger partial charge in [0.1, 0.15) is 12.2 Å². The van der Waals surface area contributed by atoms with Crippen LogP contribution in [-0.4, -0.2) is 29.2 Å². The van der Waals surface area contributed by atoms with E-state index in [1.807, 2.05) is 0 Å². The average Bonchev–Trinajstić information content (AvgIpc) is 2.21. The van der Waals surface area contributed by atoms with Gasteiger partial charge in [0, 0.05) is 7.05 Å². The third-order valence-corrected chi connectivity index (χ3v) is 2.67. The predicted octanol–water partition coefficient (Wildman–Crippen LogP) is 3.54. The number of carbonyl (C=O) groups is 1. The van der Waals surface area contributed by atoms with Crippen LogP contribution < -0.4 is 0 Å². The second-order valence-corrected chi connectivity index (χ2v) is 4.38. The lowest BCUT2D eigenvalue weighted by Crippen LogP contribution is -2.16. The van der Waals surface area contributed by atoms with E-state index >= 15 is 0 Å². The molecule has 0 radical (unpaired) electrons. The molecular formula is C10H21NO3S. The molecule has 15 heavy (non-hydrogen) atoms. The molecule has 1 N–H and O–H groups in total. The molecule has 0 aromatic rings. The van der Waals surface area contributed by atoms with Gasteiger partial charge in [0.05, 0.1) is 6.61 Å². The summed E-state index contributed by atoms with van der Waals surface area (Å²) < 4.78 is 6.18. The number of unbranched alkanes of at least 4 members (excludes halogenated alkanes) is 5. The lowest BCUT2D eigenvalue weighted by Gasteiger charge is -2.09. The summed E-state index contributed by atoms with van der Waals surface area (Å²) in [6.45, 7) is 2.82. The topological polar surface area (TPSA) is 49.8 Å². The minimum Gasteiger partial charge on any atom is -0.464 e. The van der Waals surface area contributed by atoms with Gasteiger partial charge in [0.25, 0.3) is 0 Å². The summed E-state index contributed by atoms with van der Waals surface area (Å²) in [5, 5.41) is 8.51. The molecule has 0 aliphatic carbocycles. The van der Waals surface area contributed by atoms with Crippen LogP contribution in [0.15, 0.2) is 0 Å². The number of carboxylic acid groups (broad SMARTS) is 1. The summed E-state index contributed by atoms with van der Waals surface area (Å²) in [7, 11) is 1.47. The molecule has 0 aliphatic heterocycles. The van der Waals surface area contributed by atoms with Crippen LogP contribution in [0.3, 0.4) is 0 Å². The minimum atomic E-state index is -0.983. The van der Waals surface area contributed by atoms with E-state index in [-0.39, 0.29) is 0 Å². The van der Waals surface area contributed by atoms with Gasteiger partial charge in [-0.1, -0.05) is 39.0 Å². The van der Waals surface area contributed by atoms with Crippen LogP contribution >= 0.6 is 12.2 Å². The first-order valence-electron chi connectivity index (χ1n) is 5.44. The smallest absolute Gasteiger partial charge is 0.418 e. The van der Waals surface area contributed by atoms with Gasteiger partial charge < -0.3 is 5.11 Å². The molecule has 0 rings (SSSR count). The van der Waals surface area contributed by atoms with E-state index in [4.69, 9.17) is 9.29 Å². The lowest BCUT2D eigenvalue weighted by atomic mass is 10.1. The molecule has 5 heteroatoms. The molecule has 0 saturated heterocycles. The molecule has 0 aromatic heterocycles. The second kappa shape index (κ2) is 10.1. The van der Waals surface area contributed by atoms with E-state index < -0.39 is 6.09 Å². The maximum absolute atomic E-state index is 10.4. The zero-order valence-electron chi connectivity index (χ0n) is 9.57. The molecule has 0 unspecified atom stereocenters. The molecule has 0 fully saturated rings. The number of hydrogen-bond acceptors (Lipinski definition) is 3. The summed E-state index contributed by atoms with van der Waals surface area (Å²) in [5.74, 6) is 0. The van der Waals surface area contributed by atoms with E-state index in [1.54, 1.807) is 0 Å². The van der Waals surface area contributed by atoms with Crippen molar-refractivity contribution in [1.29, 1.82) is 0 Å². The monoisotopic (exact) mass is 235 g/mol. The Kier molecular flexibility index (Phi) is 9.83. The van der Waals surface area contributed by atoms with E-state index in [1.165, 1.54) is 32.7 Å². The molecule has 0 atom stereocenters. The van der Waals surface area contributed by atoms with Crippen molar-refractivity contribution in [2.75, 3.05) is 13.7 Å². The summed E-state index contributed by atoms with van der Waals surface area (Å²) >= 11 is 0.887. The largest absolute Gasteiger partial charge is 0.464 e. The standard InChI is InChI=1S/C10H21NO3S/c1-3-4-5-6-7-8-9-14-15-11(2)10(12)13/h3-9H2,1-2H3,(H,12,13). The van der Waals surface area contributed by atoms with Gasteiger partial charge in [0.15, 0.2) is 0 Å². The van der Waals surface area contributed by atoms with Gasteiger partial charge in [-0.2, -0.15) is 0 Å². The summed E-state index contributed by atoms with van der Waals surface area (Å²) in [6, 6.07) is 0. The van der Waals surface area contributed by atoms with Crippen molar-refractivity contribution in [3.8, 4) is 0 Å². The van der Waals surface area contributed by atoms with Crippen LogP contribution in [0.4, 0.5) is 4.79 Å². The van der Waals surface area contributed by atoms with Crippen molar-refractivity contribution < 1.29 is 14.1 Å². The SMILES string of the molecule is CCCCCCCCOSN(C)C(=O)O. The highest BCUT2D eigenvalue weighted by Gasteiger charge is 2.05. The third-order valence-electron chi connectivity index (χ3n) is 2.02. The quantitative estimate of drug-likeness (QED) is 0.377. The molecule has 0 aliphatic rings. The fourth-order valence-electron chi connectivity index (χ4n) is 1.09. The van der Waals surface area contributed by atoms with Crippen LogP contribution in [0.25, 0.3) is 0 Å². The van der Waals surface area contributed by atoms with Gasteiger partial charge in [-0.15, -0.1) is 0 Å². The summed E-state index contributed by atoms with van der Waals surface area (Å²) in [5.41, 5.74) is 0. The first-order chi connectivity index (χ1) is 7.18. The van der Waals surface area contributed by atoms with E-state index in [0.29, 0.717) is 6.61 Å². The maximum Gasteiger partial charge on any atom is 0.418 e. The van der Waals surface area contributed by atoms with Crippen molar-refractivity contribution >= 4 is 18.3 Å². The van der Waals surface area contributed by atoms with Crippen LogP contribution in [0, 0.1) is 0 Å². The van der Waals surface area contributed by atoms with E-state index in [0.717, 1.165) is 29.4 Å². The molecular weight excluding hydrogens is 214 g/mol. The molecule has 0 spiro atoms. The Balaban J connectivity index is 3.08. The maximum atomic E-state index is 10.4. The van der Waals surface area contributed by atoms with Crippen LogP contribution in [0.2, 0.25) is 0 Å². The van der Waals surface area contributed by atoms with Crippen LogP contribution in [0.1, 0.15) is 45.4 Å². The Morgan fingerprint density at radius 1 is 1.27 bits per heavy atom. The van der Waals surface area contributed by atoms with Gasteiger partial charge in [-0.05, 0) is 6.42 Å². The molecule has 4 nitrogen and oxygen atoms in total. The van der Waals surface area contributed by atoms with Gasteiger partial charge in [-0.25, -0.2) is 9.10 Å². The van der Waals surface area contributed by atoms with Crippen molar-refractivity contribution in [3.05, 3.63) is 0 Å². The summed E-state index contributed by atoms with van der Waals surface area (Å²) in [6.07, 6.45) is 6.28. The minimum absolute atomic E-state index is 0.619. The predicted molar refractivity (Wildman–Crippen MR) is 62.7 cm³/mol. The molecule has 0 bridgehead atoms. The number of rotatable bonds is 9. The fourth-order valence-corrected chi connectivity index (χ4v) is 1.50. The molecule has 0 saturated carbocycles. The molecule has 0 aromatic carbocycles. The Morgan fingerprint density at radius 3 is 2.47 bits per heavy atom. The fraction of sp³-hybridized carbons (Fsp3) is 0.900. The van der Waals surface area contributed by atoms with E-state index in [9.17, 15) is 4.79 Å². The number of hydrogen-bond donors (Lipinski definition) is 1. The van der Waals surface area contributed by atoms with Crippen molar-refractivity contribution in [1.82, 2.24) is 4.31 Å². The Hall–Kier alpha value is -0.420. The van der Waals surface area contributed by atoms with Gasteiger partial charge in [0.2, 0.25) is 0 Å². The third kappa shape index (κ3) is 9.87. The Bertz CT molecular complexity index is 167. The molecule has 0 heterocycles. The van der Waals surface area contributed by atoms with Crippen molar-refractivity contribution in [2.45, 2.75) is 45.4 Å². The summed E-state index contributed by atoms with van der Waals surface area (Å²) in [4.78, 5) is 10.4. The first-order valence-corrected chi connectivity index (χ1v) is 6.14. The number of amides is 1. The van der Waals surface area contributed by atoms with E-state index in [2.05, 4.69) is 6.92 Å². The molecule has 1 amide bonds. The first kappa shape index (κ1) is 14.6. The normalized spacial score (nSPS) is 10.3. The van der Waals surface area contributed by atoms with Crippen molar-refractivity contribution in [3.63, 3.8) is 0 Å². The average molecular weight is 235 g/mol. The van der Waals surface area contributed by atoms with Crippen molar-refractivity contribution in [2.24, 2.45) is 0 Å². The highest BCUT2D eigenvalue weighted by Crippen LogP contribution is 2.11. The Labute approximate surface area is 96.3 Å². The molecule has 90 valence electrons. The second-order valence-electron chi connectivity index (χ2n) is 3.44. The Morgan fingerprint density at radius 2 is 1.87 bits per heavy atom.